The molecule has 0 saturated heterocycles. The van der Waals surface area contributed by atoms with Crippen molar-refractivity contribution in [3.63, 3.8) is 0 Å². The molecule has 1 heterocycles. The Hall–Kier alpha value is -3.66. The number of methoxy groups -OCH3 is 2. The molecule has 0 radical (unpaired) electrons. The van der Waals surface area contributed by atoms with E-state index in [4.69, 9.17) is 0 Å². The molecular formula is C18H14N2O5. The van der Waals surface area contributed by atoms with Gasteiger partial charge in [-0.2, -0.15) is 0 Å². The number of hydrogen-bond donors (Lipinski definition) is 1. The highest BCUT2D eigenvalue weighted by Gasteiger charge is 2.16. The van der Waals surface area contributed by atoms with Gasteiger partial charge in [-0.1, -0.05) is 5.92 Å². The molecule has 2 rings (SSSR count). The fourth-order valence-corrected chi connectivity index (χ4v) is 1.90. The number of rotatable bonds is 3. The zero-order valence-electron chi connectivity index (χ0n) is 13.5. The van der Waals surface area contributed by atoms with Crippen molar-refractivity contribution in [1.82, 2.24) is 4.98 Å². The number of amides is 1. The van der Waals surface area contributed by atoms with Crippen LogP contribution in [-0.2, 0) is 14.3 Å². The number of anilines is 1. The molecule has 0 saturated carbocycles. The summed E-state index contributed by atoms with van der Waals surface area (Å²) in [5, 5.41) is 2.47. The molecule has 1 N–H and O–H groups in total. The third-order valence-electron chi connectivity index (χ3n) is 3.08. The number of aromatic nitrogens is 1. The smallest absolute Gasteiger partial charge is 0.339 e. The second-order valence-corrected chi connectivity index (χ2v) is 4.69. The minimum Gasteiger partial charge on any atom is -0.465 e. The van der Waals surface area contributed by atoms with Crippen LogP contribution in [0.3, 0.4) is 0 Å². The van der Waals surface area contributed by atoms with E-state index in [9.17, 15) is 14.4 Å². The number of pyridine rings is 1. The summed E-state index contributed by atoms with van der Waals surface area (Å²) in [7, 11) is 2.44. The fourth-order valence-electron chi connectivity index (χ4n) is 1.90. The molecular weight excluding hydrogens is 324 g/mol. The van der Waals surface area contributed by atoms with Crippen molar-refractivity contribution in [2.45, 2.75) is 0 Å². The van der Waals surface area contributed by atoms with Crippen molar-refractivity contribution in [2.75, 3.05) is 19.5 Å². The van der Waals surface area contributed by atoms with Gasteiger partial charge in [0, 0.05) is 23.9 Å². The summed E-state index contributed by atoms with van der Waals surface area (Å²) in [6.07, 6.45) is 3.10. The summed E-state index contributed by atoms with van der Waals surface area (Å²) in [4.78, 5) is 39.4. The summed E-state index contributed by atoms with van der Waals surface area (Å²) >= 11 is 0. The predicted molar refractivity (Wildman–Crippen MR) is 88.9 cm³/mol. The molecule has 1 aromatic heterocycles. The average molecular weight is 338 g/mol. The normalized spacial score (nSPS) is 9.36. The summed E-state index contributed by atoms with van der Waals surface area (Å²) in [6.45, 7) is 0. The largest absolute Gasteiger partial charge is 0.465 e. The van der Waals surface area contributed by atoms with Crippen LogP contribution >= 0.6 is 0 Å². The number of carbonyl (C=O) groups is 3. The van der Waals surface area contributed by atoms with Gasteiger partial charge in [0.05, 0.1) is 31.0 Å². The highest BCUT2D eigenvalue weighted by Crippen LogP contribution is 2.19. The number of carbonyl (C=O) groups excluding carboxylic acids is 3. The molecule has 0 unspecified atom stereocenters. The molecule has 126 valence electrons. The first-order chi connectivity index (χ1) is 12.0. The lowest BCUT2D eigenvalue weighted by Crippen LogP contribution is -2.15. The molecule has 7 nitrogen and oxygen atoms in total. The summed E-state index contributed by atoms with van der Waals surface area (Å²) in [5.74, 6) is 3.11. The average Bonchev–Trinajstić information content (AvgIpc) is 2.65. The van der Waals surface area contributed by atoms with Gasteiger partial charge >= 0.3 is 17.8 Å². The highest BCUT2D eigenvalue weighted by atomic mass is 16.5. The van der Waals surface area contributed by atoms with Crippen LogP contribution in [0.15, 0.2) is 42.7 Å². The molecule has 1 aromatic carbocycles. The number of nitrogens with one attached hydrogen (secondary N) is 1. The van der Waals surface area contributed by atoms with Gasteiger partial charge in [0.15, 0.2) is 0 Å². The second-order valence-electron chi connectivity index (χ2n) is 4.69. The Kier molecular flexibility index (Phi) is 5.85. The van der Waals surface area contributed by atoms with Crippen LogP contribution < -0.4 is 5.32 Å². The third kappa shape index (κ3) is 4.65. The van der Waals surface area contributed by atoms with E-state index in [0.29, 0.717) is 5.56 Å². The van der Waals surface area contributed by atoms with Gasteiger partial charge in [0.1, 0.15) is 0 Å². The Morgan fingerprint density at radius 2 is 1.84 bits per heavy atom. The number of hydrogen-bond acceptors (Lipinski definition) is 6. The first-order valence-electron chi connectivity index (χ1n) is 7.09. The van der Waals surface area contributed by atoms with Crippen LogP contribution in [0.25, 0.3) is 0 Å². The third-order valence-corrected chi connectivity index (χ3v) is 3.08. The van der Waals surface area contributed by atoms with Crippen LogP contribution in [0.1, 0.15) is 26.3 Å². The summed E-state index contributed by atoms with van der Waals surface area (Å²) in [5.41, 5.74) is 0.923. The second kappa shape index (κ2) is 8.26. The van der Waals surface area contributed by atoms with E-state index >= 15 is 0 Å². The van der Waals surface area contributed by atoms with Gasteiger partial charge in [-0.15, -0.1) is 0 Å². The number of ether oxygens (including phenoxy) is 2. The zero-order chi connectivity index (χ0) is 18.2. The first kappa shape index (κ1) is 17.7. The minimum absolute atomic E-state index is 0.0895. The molecule has 0 aliphatic rings. The van der Waals surface area contributed by atoms with Crippen molar-refractivity contribution >= 4 is 23.5 Å². The maximum atomic E-state index is 12.0. The Labute approximate surface area is 144 Å². The standard InChI is InChI=1S/C18H14N2O5/c1-24-17(22)13-6-7-14(18(23)25-2)15(10-13)20-16(21)8-5-12-4-3-9-19-11-12/h3-4,6-7,9-11H,1-2H3,(H,20,21). The van der Waals surface area contributed by atoms with Crippen molar-refractivity contribution in [3.8, 4) is 11.8 Å². The van der Waals surface area contributed by atoms with E-state index in [1.165, 1.54) is 38.6 Å². The molecule has 0 aliphatic carbocycles. The van der Waals surface area contributed by atoms with Gasteiger partial charge in [-0.05, 0) is 30.3 Å². The Morgan fingerprint density at radius 1 is 1.08 bits per heavy atom. The fraction of sp³-hybridized carbons (Fsp3) is 0.111. The Balaban J connectivity index is 2.29. The minimum atomic E-state index is -0.660. The summed E-state index contributed by atoms with van der Waals surface area (Å²) in [6, 6.07) is 7.47. The molecule has 0 spiro atoms. The monoisotopic (exact) mass is 338 g/mol. The molecule has 0 bridgehead atoms. The first-order valence-corrected chi connectivity index (χ1v) is 7.09. The van der Waals surface area contributed by atoms with Crippen molar-refractivity contribution in [2.24, 2.45) is 0 Å². The van der Waals surface area contributed by atoms with Crippen LogP contribution in [-0.4, -0.2) is 37.0 Å². The van der Waals surface area contributed by atoms with E-state index in [2.05, 4.69) is 31.6 Å². The van der Waals surface area contributed by atoms with Gasteiger partial charge in [-0.25, -0.2) is 9.59 Å². The van der Waals surface area contributed by atoms with Crippen molar-refractivity contribution in [1.29, 1.82) is 0 Å². The molecule has 0 atom stereocenters. The SMILES string of the molecule is COC(=O)c1ccc(C(=O)OC)c(NC(=O)C#Cc2cccnc2)c1. The van der Waals surface area contributed by atoms with Gasteiger partial charge < -0.3 is 14.8 Å². The van der Waals surface area contributed by atoms with Crippen molar-refractivity contribution < 1.29 is 23.9 Å². The topological polar surface area (TPSA) is 94.6 Å². The molecule has 1 amide bonds. The van der Waals surface area contributed by atoms with E-state index < -0.39 is 17.8 Å². The van der Waals surface area contributed by atoms with Crippen LogP contribution in [0.5, 0.6) is 0 Å². The summed E-state index contributed by atoms with van der Waals surface area (Å²) < 4.78 is 9.29. The maximum absolute atomic E-state index is 12.0. The van der Waals surface area contributed by atoms with Crippen LogP contribution in [0.2, 0.25) is 0 Å². The number of esters is 2. The molecule has 7 heteroatoms. The quantitative estimate of drug-likeness (QED) is 0.675. The molecule has 2 aromatic rings. The Morgan fingerprint density at radius 3 is 2.48 bits per heavy atom. The van der Waals surface area contributed by atoms with Crippen LogP contribution in [0, 0.1) is 11.8 Å². The van der Waals surface area contributed by atoms with E-state index in [1.807, 2.05) is 0 Å². The molecule has 25 heavy (non-hydrogen) atoms. The molecule has 0 aliphatic heterocycles. The van der Waals surface area contributed by atoms with E-state index in [-0.39, 0.29) is 16.8 Å². The molecule has 0 fully saturated rings. The lowest BCUT2D eigenvalue weighted by molar-refractivity contribution is -0.111. The lowest BCUT2D eigenvalue weighted by Gasteiger charge is -2.09. The lowest BCUT2D eigenvalue weighted by atomic mass is 10.1. The number of nitrogens with zero attached hydrogens (tertiary/aromatic N) is 1. The Bertz CT molecular complexity index is 866. The van der Waals surface area contributed by atoms with E-state index in [1.54, 1.807) is 18.3 Å². The number of benzene rings is 1. The van der Waals surface area contributed by atoms with Gasteiger partial charge in [0.2, 0.25) is 0 Å². The van der Waals surface area contributed by atoms with Gasteiger partial charge in [0.25, 0.3) is 0 Å². The predicted octanol–water partition coefficient (Wildman–Crippen LogP) is 1.65. The van der Waals surface area contributed by atoms with E-state index in [0.717, 1.165) is 0 Å². The highest BCUT2D eigenvalue weighted by molar-refractivity contribution is 6.09. The van der Waals surface area contributed by atoms with Gasteiger partial charge in [-0.3, -0.25) is 9.78 Å². The maximum Gasteiger partial charge on any atom is 0.339 e. The zero-order valence-corrected chi connectivity index (χ0v) is 13.5. The van der Waals surface area contributed by atoms with Crippen molar-refractivity contribution in [3.05, 3.63) is 59.4 Å². The van der Waals surface area contributed by atoms with Crippen LogP contribution in [0.4, 0.5) is 5.69 Å².